The largest absolute Gasteiger partial charge is 0.341 e. The van der Waals surface area contributed by atoms with Crippen LogP contribution in [0.1, 0.15) is 0 Å². The summed E-state index contributed by atoms with van der Waals surface area (Å²) in [6, 6.07) is -0.331. The Labute approximate surface area is 59.5 Å². The number of rotatable bonds is 3. The molecule has 0 aliphatic carbocycles. The average molecular weight is 142 g/mol. The Morgan fingerprint density at radius 3 is 2.70 bits per heavy atom. The lowest BCUT2D eigenvalue weighted by molar-refractivity contribution is -0.108. The number of nitrogens with one attached hydrogen (secondary N) is 1. The van der Waals surface area contributed by atoms with E-state index in [1.807, 2.05) is 0 Å². The van der Waals surface area contributed by atoms with Crippen LogP contribution in [0.2, 0.25) is 0 Å². The van der Waals surface area contributed by atoms with Crippen molar-refractivity contribution in [1.82, 2.24) is 10.2 Å². The van der Waals surface area contributed by atoms with Crippen LogP contribution in [0, 0.1) is 0 Å². The van der Waals surface area contributed by atoms with E-state index < -0.39 is 0 Å². The molecular weight excluding hydrogens is 132 g/mol. The van der Waals surface area contributed by atoms with Gasteiger partial charge in [0, 0.05) is 13.2 Å². The molecule has 0 aromatic heterocycles. The van der Waals surface area contributed by atoms with Crippen molar-refractivity contribution in [1.29, 1.82) is 0 Å². The van der Waals surface area contributed by atoms with Crippen LogP contribution in [-0.4, -0.2) is 30.8 Å². The minimum absolute atomic E-state index is 0.0448. The summed E-state index contributed by atoms with van der Waals surface area (Å²) < 4.78 is 0. The van der Waals surface area contributed by atoms with Crippen LogP contribution in [0.3, 0.4) is 0 Å². The van der Waals surface area contributed by atoms with Crippen LogP contribution in [0.4, 0.5) is 4.79 Å². The third-order valence-corrected chi connectivity index (χ3v) is 0.966. The van der Waals surface area contributed by atoms with Gasteiger partial charge in [0.2, 0.25) is 0 Å². The Morgan fingerprint density at radius 2 is 2.40 bits per heavy atom. The van der Waals surface area contributed by atoms with Crippen molar-refractivity contribution in [2.24, 2.45) is 0 Å². The average Bonchev–Trinajstić information content (AvgIpc) is 1.99. The number of hydrogen-bond donors (Lipinski definition) is 1. The van der Waals surface area contributed by atoms with Crippen LogP contribution in [-0.2, 0) is 4.79 Å². The van der Waals surface area contributed by atoms with Crippen LogP contribution in [0.15, 0.2) is 12.8 Å². The van der Waals surface area contributed by atoms with Crippen molar-refractivity contribution in [3.63, 3.8) is 0 Å². The highest BCUT2D eigenvalue weighted by molar-refractivity contribution is 5.77. The molecule has 0 heterocycles. The van der Waals surface area contributed by atoms with Gasteiger partial charge in [-0.1, -0.05) is 6.58 Å². The molecule has 0 aliphatic rings. The summed E-state index contributed by atoms with van der Waals surface area (Å²) in [7, 11) is 1.49. The summed E-state index contributed by atoms with van der Waals surface area (Å²) in [5.74, 6) is 0. The Bertz CT molecular complexity index is 145. The Hall–Kier alpha value is -1.32. The van der Waals surface area contributed by atoms with Gasteiger partial charge in [0.05, 0.1) is 6.54 Å². The molecule has 0 radical (unpaired) electrons. The fraction of sp³-hybridized carbons (Fsp3) is 0.333. The van der Waals surface area contributed by atoms with Gasteiger partial charge in [0.1, 0.15) is 6.29 Å². The Balaban J connectivity index is 3.91. The highest BCUT2D eigenvalue weighted by atomic mass is 16.2. The van der Waals surface area contributed by atoms with E-state index in [0.29, 0.717) is 6.29 Å². The molecule has 0 rings (SSSR count). The minimum atomic E-state index is -0.331. The standard InChI is InChI=1S/C6H10N2O2/c1-3-8(4-5-9)6(10)7-2/h3,5H,1,4H2,2H3,(H,7,10). The Kier molecular flexibility index (Phi) is 3.95. The van der Waals surface area contributed by atoms with E-state index in [2.05, 4.69) is 11.9 Å². The van der Waals surface area contributed by atoms with Gasteiger partial charge in [-0.2, -0.15) is 0 Å². The molecule has 0 saturated carbocycles. The zero-order valence-electron chi connectivity index (χ0n) is 5.83. The van der Waals surface area contributed by atoms with Crippen molar-refractivity contribution in [3.8, 4) is 0 Å². The molecule has 56 valence electrons. The number of carbonyl (C=O) groups excluding carboxylic acids is 2. The second-order valence-electron chi connectivity index (χ2n) is 1.56. The molecule has 0 fully saturated rings. The summed E-state index contributed by atoms with van der Waals surface area (Å²) in [6.07, 6.45) is 1.93. The fourth-order valence-corrected chi connectivity index (χ4v) is 0.464. The maximum atomic E-state index is 10.7. The highest BCUT2D eigenvalue weighted by Gasteiger charge is 2.04. The lowest BCUT2D eigenvalue weighted by Gasteiger charge is -2.12. The van der Waals surface area contributed by atoms with E-state index >= 15 is 0 Å². The molecule has 4 nitrogen and oxygen atoms in total. The number of nitrogens with zero attached hydrogens (tertiary/aromatic N) is 1. The van der Waals surface area contributed by atoms with Gasteiger partial charge in [-0.05, 0) is 0 Å². The van der Waals surface area contributed by atoms with Crippen molar-refractivity contribution in [3.05, 3.63) is 12.8 Å². The molecule has 10 heavy (non-hydrogen) atoms. The van der Waals surface area contributed by atoms with E-state index in [0.717, 1.165) is 0 Å². The normalized spacial score (nSPS) is 8.10. The van der Waals surface area contributed by atoms with E-state index in [1.54, 1.807) is 0 Å². The van der Waals surface area contributed by atoms with Gasteiger partial charge in [0.25, 0.3) is 0 Å². The van der Waals surface area contributed by atoms with Crippen molar-refractivity contribution < 1.29 is 9.59 Å². The maximum absolute atomic E-state index is 10.7. The molecule has 0 unspecified atom stereocenters. The van der Waals surface area contributed by atoms with Gasteiger partial charge in [-0.3, -0.25) is 4.90 Å². The summed E-state index contributed by atoms with van der Waals surface area (Å²) >= 11 is 0. The quantitative estimate of drug-likeness (QED) is 0.562. The molecule has 4 heteroatoms. The molecular formula is C6H10N2O2. The van der Waals surface area contributed by atoms with Gasteiger partial charge in [0.15, 0.2) is 0 Å². The third-order valence-electron chi connectivity index (χ3n) is 0.966. The van der Waals surface area contributed by atoms with Gasteiger partial charge in [-0.25, -0.2) is 4.79 Å². The fourth-order valence-electron chi connectivity index (χ4n) is 0.464. The molecule has 0 aromatic rings. The number of aldehydes is 1. The second-order valence-corrected chi connectivity index (χ2v) is 1.56. The predicted molar refractivity (Wildman–Crippen MR) is 37.4 cm³/mol. The first-order valence-electron chi connectivity index (χ1n) is 2.80. The van der Waals surface area contributed by atoms with Crippen molar-refractivity contribution in [2.75, 3.05) is 13.6 Å². The highest BCUT2D eigenvalue weighted by Crippen LogP contribution is 1.85. The molecule has 0 aromatic carbocycles. The van der Waals surface area contributed by atoms with E-state index in [4.69, 9.17) is 0 Å². The smallest absolute Gasteiger partial charge is 0.321 e. The van der Waals surface area contributed by atoms with Crippen molar-refractivity contribution >= 4 is 12.3 Å². The van der Waals surface area contributed by atoms with E-state index in [-0.39, 0.29) is 12.6 Å². The van der Waals surface area contributed by atoms with Gasteiger partial charge < -0.3 is 10.1 Å². The van der Waals surface area contributed by atoms with Crippen molar-refractivity contribution in [2.45, 2.75) is 0 Å². The van der Waals surface area contributed by atoms with Crippen LogP contribution in [0.25, 0.3) is 0 Å². The topological polar surface area (TPSA) is 49.4 Å². The van der Waals surface area contributed by atoms with Crippen LogP contribution in [0.5, 0.6) is 0 Å². The first-order chi connectivity index (χ1) is 4.76. The lowest BCUT2D eigenvalue weighted by atomic mass is 10.6. The molecule has 0 aliphatic heterocycles. The van der Waals surface area contributed by atoms with Gasteiger partial charge in [-0.15, -0.1) is 0 Å². The molecule has 0 bridgehead atoms. The molecule has 0 atom stereocenters. The minimum Gasteiger partial charge on any atom is -0.341 e. The second kappa shape index (κ2) is 4.55. The van der Waals surface area contributed by atoms with E-state index in [9.17, 15) is 9.59 Å². The maximum Gasteiger partial charge on any atom is 0.321 e. The zero-order chi connectivity index (χ0) is 7.98. The summed E-state index contributed by atoms with van der Waals surface area (Å²) in [5.41, 5.74) is 0. The third kappa shape index (κ3) is 2.30. The van der Waals surface area contributed by atoms with Gasteiger partial charge >= 0.3 is 6.03 Å². The molecule has 2 amide bonds. The Morgan fingerprint density at radius 1 is 1.80 bits per heavy atom. The first kappa shape index (κ1) is 8.68. The monoisotopic (exact) mass is 142 g/mol. The zero-order valence-corrected chi connectivity index (χ0v) is 5.83. The van der Waals surface area contributed by atoms with Crippen LogP contribution >= 0.6 is 0 Å². The number of hydrogen-bond acceptors (Lipinski definition) is 2. The summed E-state index contributed by atoms with van der Waals surface area (Å²) in [4.78, 5) is 21.8. The molecule has 1 N–H and O–H groups in total. The lowest BCUT2D eigenvalue weighted by Crippen LogP contribution is -2.34. The predicted octanol–water partition coefficient (Wildman–Crippen LogP) is -0.0298. The summed E-state index contributed by atoms with van der Waals surface area (Å²) in [6.45, 7) is 3.40. The summed E-state index contributed by atoms with van der Waals surface area (Å²) in [5, 5.41) is 2.36. The SMILES string of the molecule is C=CN(CC=O)C(=O)NC. The number of amides is 2. The van der Waals surface area contributed by atoms with E-state index in [1.165, 1.54) is 18.1 Å². The molecule has 0 saturated heterocycles. The molecule has 0 spiro atoms. The van der Waals surface area contributed by atoms with Crippen LogP contribution < -0.4 is 5.32 Å². The number of carbonyl (C=O) groups is 2. The number of urea groups is 1. The first-order valence-corrected chi connectivity index (χ1v) is 2.80.